The highest BCUT2D eigenvalue weighted by Gasteiger charge is 2.08. The van der Waals surface area contributed by atoms with Gasteiger partial charge in [-0.1, -0.05) is 24.3 Å². The summed E-state index contributed by atoms with van der Waals surface area (Å²) in [5.74, 6) is 1.67. The Balaban J connectivity index is 1.97. The van der Waals surface area contributed by atoms with Gasteiger partial charge in [-0.05, 0) is 29.8 Å². The Morgan fingerprint density at radius 3 is 2.50 bits per heavy atom. The Hall–Kier alpha value is -2.00. The van der Waals surface area contributed by atoms with Gasteiger partial charge < -0.3 is 9.47 Å². The van der Waals surface area contributed by atoms with Crippen LogP contribution in [0.4, 0.5) is 0 Å². The van der Waals surface area contributed by atoms with Gasteiger partial charge in [-0.3, -0.25) is 4.79 Å². The maximum atomic E-state index is 12.0. The van der Waals surface area contributed by atoms with E-state index < -0.39 is 0 Å². The minimum atomic E-state index is -0.0923. The Labute approximate surface area is 123 Å². The maximum absolute atomic E-state index is 12.0. The lowest BCUT2D eigenvalue weighted by atomic mass is 10.1. The molecular weight excluding hydrogens is 276 g/mol. The van der Waals surface area contributed by atoms with Crippen LogP contribution in [0.5, 0.6) is 11.5 Å². The second kappa shape index (κ2) is 6.96. The molecule has 0 fully saturated rings. The number of methoxy groups -OCH3 is 1. The van der Waals surface area contributed by atoms with Gasteiger partial charge in [0.15, 0.2) is 12.4 Å². The van der Waals surface area contributed by atoms with E-state index in [0.717, 1.165) is 5.56 Å². The van der Waals surface area contributed by atoms with E-state index in [0.29, 0.717) is 22.9 Å². The van der Waals surface area contributed by atoms with Gasteiger partial charge in [0.1, 0.15) is 11.5 Å². The Morgan fingerprint density at radius 2 is 1.85 bits per heavy atom. The van der Waals surface area contributed by atoms with Crippen molar-refractivity contribution in [3.63, 3.8) is 0 Å². The highest BCUT2D eigenvalue weighted by Crippen LogP contribution is 2.16. The third kappa shape index (κ3) is 3.75. The number of hydrogen-bond donors (Lipinski definition) is 0. The van der Waals surface area contributed by atoms with Crippen molar-refractivity contribution in [2.24, 2.45) is 0 Å². The van der Waals surface area contributed by atoms with Crippen molar-refractivity contribution in [3.8, 4) is 11.5 Å². The number of benzene rings is 2. The van der Waals surface area contributed by atoms with Crippen LogP contribution in [-0.2, 0) is 5.88 Å². The largest absolute Gasteiger partial charge is 0.497 e. The van der Waals surface area contributed by atoms with Crippen molar-refractivity contribution in [3.05, 3.63) is 59.7 Å². The van der Waals surface area contributed by atoms with Gasteiger partial charge in [0.05, 0.1) is 7.11 Å². The predicted octanol–water partition coefficient (Wildman–Crippen LogP) is 3.70. The molecule has 0 aliphatic heterocycles. The first-order valence-corrected chi connectivity index (χ1v) is 6.71. The van der Waals surface area contributed by atoms with E-state index >= 15 is 0 Å². The van der Waals surface area contributed by atoms with Crippen molar-refractivity contribution in [1.29, 1.82) is 0 Å². The number of halogens is 1. The Morgan fingerprint density at radius 1 is 1.10 bits per heavy atom. The van der Waals surface area contributed by atoms with Gasteiger partial charge in [0.2, 0.25) is 0 Å². The number of Topliss-reactive ketones (excluding diaryl/α,β-unsaturated/α-hetero) is 1. The molecule has 2 aromatic carbocycles. The molecule has 0 saturated heterocycles. The number of rotatable bonds is 6. The molecule has 2 aromatic rings. The quantitative estimate of drug-likeness (QED) is 0.601. The number of hydrogen-bond acceptors (Lipinski definition) is 3. The van der Waals surface area contributed by atoms with Crippen LogP contribution in [-0.4, -0.2) is 19.5 Å². The van der Waals surface area contributed by atoms with Gasteiger partial charge >= 0.3 is 0 Å². The third-order valence-electron chi connectivity index (χ3n) is 2.84. The van der Waals surface area contributed by atoms with Crippen LogP contribution in [0.25, 0.3) is 0 Å². The zero-order valence-corrected chi connectivity index (χ0v) is 11.9. The zero-order chi connectivity index (χ0) is 14.4. The minimum absolute atomic E-state index is 0.00656. The van der Waals surface area contributed by atoms with Crippen molar-refractivity contribution in [2.45, 2.75) is 5.88 Å². The third-order valence-corrected chi connectivity index (χ3v) is 3.15. The molecule has 4 heteroatoms. The van der Waals surface area contributed by atoms with Crippen molar-refractivity contribution in [2.75, 3.05) is 13.7 Å². The molecule has 0 aliphatic rings. The molecule has 0 aliphatic carbocycles. The summed E-state index contributed by atoms with van der Waals surface area (Å²) in [6, 6.07) is 14.4. The average molecular weight is 291 g/mol. The van der Waals surface area contributed by atoms with E-state index in [-0.39, 0.29) is 12.4 Å². The maximum Gasteiger partial charge on any atom is 0.200 e. The number of ketones is 1. The second-order valence-corrected chi connectivity index (χ2v) is 4.49. The number of ether oxygens (including phenoxy) is 2. The fourth-order valence-corrected chi connectivity index (χ4v) is 1.88. The molecule has 0 aromatic heterocycles. The number of alkyl halides is 1. The van der Waals surface area contributed by atoms with E-state index in [4.69, 9.17) is 21.1 Å². The second-order valence-electron chi connectivity index (χ2n) is 4.22. The zero-order valence-electron chi connectivity index (χ0n) is 11.1. The highest BCUT2D eigenvalue weighted by atomic mass is 35.5. The molecule has 0 spiro atoms. The summed E-state index contributed by atoms with van der Waals surface area (Å²) in [4.78, 5) is 12.0. The highest BCUT2D eigenvalue weighted by molar-refractivity contribution is 6.17. The molecule has 2 rings (SSSR count). The molecule has 0 unspecified atom stereocenters. The van der Waals surface area contributed by atoms with Crippen LogP contribution < -0.4 is 9.47 Å². The molecule has 0 heterocycles. The van der Waals surface area contributed by atoms with Crippen LogP contribution in [0.1, 0.15) is 15.9 Å². The molecular formula is C16H15ClO3. The monoisotopic (exact) mass is 290 g/mol. The summed E-state index contributed by atoms with van der Waals surface area (Å²) in [6.07, 6.45) is 0. The predicted molar refractivity (Wildman–Crippen MR) is 78.8 cm³/mol. The van der Waals surface area contributed by atoms with E-state index in [2.05, 4.69) is 0 Å². The summed E-state index contributed by atoms with van der Waals surface area (Å²) < 4.78 is 10.5. The average Bonchev–Trinajstić information content (AvgIpc) is 2.53. The SMILES string of the molecule is COc1cccc(C(=O)COc2ccc(CCl)cc2)c1. The minimum Gasteiger partial charge on any atom is -0.497 e. The lowest BCUT2D eigenvalue weighted by molar-refractivity contribution is 0.0921. The van der Waals surface area contributed by atoms with Gasteiger partial charge in [-0.15, -0.1) is 11.6 Å². The molecule has 0 atom stereocenters. The van der Waals surface area contributed by atoms with Gasteiger partial charge in [0, 0.05) is 11.4 Å². The van der Waals surface area contributed by atoms with Gasteiger partial charge in [-0.25, -0.2) is 0 Å². The molecule has 3 nitrogen and oxygen atoms in total. The van der Waals surface area contributed by atoms with Gasteiger partial charge in [-0.2, -0.15) is 0 Å². The molecule has 0 bridgehead atoms. The Kier molecular flexibility index (Phi) is 5.02. The number of carbonyl (C=O) groups is 1. The van der Waals surface area contributed by atoms with Crippen LogP contribution in [0, 0.1) is 0 Å². The van der Waals surface area contributed by atoms with Crippen LogP contribution in [0.15, 0.2) is 48.5 Å². The summed E-state index contributed by atoms with van der Waals surface area (Å²) in [6.45, 7) is -0.00656. The lowest BCUT2D eigenvalue weighted by Crippen LogP contribution is -2.11. The summed E-state index contributed by atoms with van der Waals surface area (Å²) in [5.41, 5.74) is 1.58. The molecule has 0 radical (unpaired) electrons. The fraction of sp³-hybridized carbons (Fsp3) is 0.188. The normalized spacial score (nSPS) is 10.1. The fourth-order valence-electron chi connectivity index (χ4n) is 1.70. The van der Waals surface area contributed by atoms with E-state index in [1.54, 1.807) is 43.5 Å². The van der Waals surface area contributed by atoms with Crippen molar-refractivity contribution >= 4 is 17.4 Å². The standard InChI is InChI=1S/C16H15ClO3/c1-19-15-4-2-3-13(9-15)16(18)11-20-14-7-5-12(10-17)6-8-14/h2-9H,10-11H2,1H3. The molecule has 0 N–H and O–H groups in total. The van der Waals surface area contributed by atoms with E-state index in [1.807, 2.05) is 12.1 Å². The lowest BCUT2D eigenvalue weighted by Gasteiger charge is -2.07. The van der Waals surface area contributed by atoms with Gasteiger partial charge in [0.25, 0.3) is 0 Å². The van der Waals surface area contributed by atoms with E-state index in [1.165, 1.54) is 0 Å². The molecule has 104 valence electrons. The Bertz CT molecular complexity index is 579. The summed E-state index contributed by atoms with van der Waals surface area (Å²) >= 11 is 5.71. The number of carbonyl (C=O) groups excluding carboxylic acids is 1. The summed E-state index contributed by atoms with van der Waals surface area (Å²) in [5, 5.41) is 0. The molecule has 0 amide bonds. The van der Waals surface area contributed by atoms with Crippen LogP contribution in [0.2, 0.25) is 0 Å². The molecule has 20 heavy (non-hydrogen) atoms. The first-order chi connectivity index (χ1) is 9.72. The smallest absolute Gasteiger partial charge is 0.200 e. The van der Waals surface area contributed by atoms with Crippen molar-refractivity contribution in [1.82, 2.24) is 0 Å². The van der Waals surface area contributed by atoms with Crippen LogP contribution in [0.3, 0.4) is 0 Å². The van der Waals surface area contributed by atoms with E-state index in [9.17, 15) is 4.79 Å². The first-order valence-electron chi connectivity index (χ1n) is 6.18. The first kappa shape index (κ1) is 14.4. The molecule has 0 saturated carbocycles. The van der Waals surface area contributed by atoms with Crippen molar-refractivity contribution < 1.29 is 14.3 Å². The summed E-state index contributed by atoms with van der Waals surface area (Å²) in [7, 11) is 1.57. The topological polar surface area (TPSA) is 35.5 Å². The van der Waals surface area contributed by atoms with Crippen LogP contribution >= 0.6 is 11.6 Å².